The van der Waals surface area contributed by atoms with E-state index in [1.165, 1.54) is 12.1 Å². The number of hydrogen-bond acceptors (Lipinski definition) is 2. The molecule has 0 radical (unpaired) electrons. The fourth-order valence-corrected chi connectivity index (χ4v) is 2.60. The molecule has 2 rings (SSSR count). The largest absolute Gasteiger partial charge is 0.493 e. The highest BCUT2D eigenvalue weighted by Crippen LogP contribution is 2.24. The molecular formula is C17H24FNO2. The Morgan fingerprint density at radius 3 is 2.62 bits per heavy atom. The van der Waals surface area contributed by atoms with Crippen LogP contribution in [0.15, 0.2) is 24.3 Å². The molecule has 1 aromatic carbocycles. The maximum Gasteiger partial charge on any atom is 0.227 e. The molecule has 1 saturated heterocycles. The van der Waals surface area contributed by atoms with Crippen molar-refractivity contribution in [2.75, 3.05) is 19.7 Å². The Labute approximate surface area is 126 Å². The summed E-state index contributed by atoms with van der Waals surface area (Å²) >= 11 is 0. The monoisotopic (exact) mass is 293 g/mol. The lowest BCUT2D eigenvalue weighted by molar-refractivity contribution is -0.141. The van der Waals surface area contributed by atoms with Gasteiger partial charge in [-0.15, -0.1) is 0 Å². The van der Waals surface area contributed by atoms with E-state index in [2.05, 4.69) is 0 Å². The van der Waals surface area contributed by atoms with Crippen LogP contribution in [0.5, 0.6) is 5.75 Å². The molecule has 116 valence electrons. The number of benzene rings is 1. The van der Waals surface area contributed by atoms with Gasteiger partial charge in [0, 0.05) is 24.4 Å². The lowest BCUT2D eigenvalue weighted by Gasteiger charge is -2.36. The van der Waals surface area contributed by atoms with Crippen LogP contribution in [0.1, 0.15) is 33.6 Å². The summed E-state index contributed by atoms with van der Waals surface area (Å²) in [6.07, 6.45) is 2.08. The number of piperidine rings is 1. The van der Waals surface area contributed by atoms with Crippen molar-refractivity contribution in [3.05, 3.63) is 30.1 Å². The molecule has 4 heteroatoms. The average molecular weight is 293 g/mol. The molecule has 1 aliphatic heterocycles. The fourth-order valence-electron chi connectivity index (χ4n) is 2.60. The number of amides is 1. The molecule has 1 atom stereocenters. The van der Waals surface area contributed by atoms with Crippen LogP contribution in [0, 0.1) is 17.2 Å². The second-order valence-electron chi connectivity index (χ2n) is 6.77. The molecule has 21 heavy (non-hydrogen) atoms. The van der Waals surface area contributed by atoms with Crippen LogP contribution in [0.4, 0.5) is 4.39 Å². The van der Waals surface area contributed by atoms with Gasteiger partial charge in [0.05, 0.1) is 6.61 Å². The summed E-state index contributed by atoms with van der Waals surface area (Å²) in [5, 5.41) is 0. The summed E-state index contributed by atoms with van der Waals surface area (Å²) < 4.78 is 18.5. The number of halogens is 1. The van der Waals surface area contributed by atoms with E-state index in [4.69, 9.17) is 4.74 Å². The summed E-state index contributed by atoms with van der Waals surface area (Å²) in [5.74, 6) is 0.960. The molecule has 0 bridgehead atoms. The molecule has 1 aromatic rings. The Balaban J connectivity index is 1.87. The van der Waals surface area contributed by atoms with Gasteiger partial charge in [0.25, 0.3) is 0 Å². The summed E-state index contributed by atoms with van der Waals surface area (Å²) in [6.45, 7) is 8.01. The van der Waals surface area contributed by atoms with Crippen molar-refractivity contribution < 1.29 is 13.9 Å². The van der Waals surface area contributed by atoms with Crippen molar-refractivity contribution in [3.63, 3.8) is 0 Å². The van der Waals surface area contributed by atoms with Crippen LogP contribution in [-0.2, 0) is 4.79 Å². The Morgan fingerprint density at radius 2 is 2.00 bits per heavy atom. The normalized spacial score (nSPS) is 19.4. The van der Waals surface area contributed by atoms with E-state index in [9.17, 15) is 9.18 Å². The van der Waals surface area contributed by atoms with E-state index in [1.54, 1.807) is 12.1 Å². The molecule has 1 fully saturated rings. The number of likely N-dealkylation sites (tertiary alicyclic amines) is 1. The number of ether oxygens (including phenoxy) is 1. The Hall–Kier alpha value is -1.58. The quantitative estimate of drug-likeness (QED) is 0.854. The Kier molecular flexibility index (Phi) is 4.86. The maximum absolute atomic E-state index is 12.8. The van der Waals surface area contributed by atoms with E-state index in [0.717, 1.165) is 25.9 Å². The average Bonchev–Trinajstić information content (AvgIpc) is 2.45. The zero-order valence-electron chi connectivity index (χ0n) is 13.1. The van der Waals surface area contributed by atoms with Gasteiger partial charge in [0.15, 0.2) is 0 Å². The SMILES string of the molecule is CC(C)(C)C(=O)N1CCCC(COc2ccc(F)cc2)C1. The number of carbonyl (C=O) groups excluding carboxylic acids is 1. The first-order chi connectivity index (χ1) is 9.86. The first kappa shape index (κ1) is 15.8. The van der Waals surface area contributed by atoms with E-state index >= 15 is 0 Å². The number of nitrogens with zero attached hydrogens (tertiary/aromatic N) is 1. The van der Waals surface area contributed by atoms with Gasteiger partial charge in [0.1, 0.15) is 11.6 Å². The number of rotatable bonds is 3. The minimum absolute atomic E-state index is 0.203. The lowest BCUT2D eigenvalue weighted by atomic mass is 9.91. The van der Waals surface area contributed by atoms with Crippen LogP contribution in [0.2, 0.25) is 0 Å². The first-order valence-corrected chi connectivity index (χ1v) is 7.54. The smallest absolute Gasteiger partial charge is 0.227 e. The minimum atomic E-state index is -0.334. The number of hydrogen-bond donors (Lipinski definition) is 0. The van der Waals surface area contributed by atoms with Gasteiger partial charge in [-0.25, -0.2) is 4.39 Å². The molecule has 1 unspecified atom stereocenters. The van der Waals surface area contributed by atoms with E-state index in [1.807, 2.05) is 25.7 Å². The summed E-state index contributed by atoms with van der Waals surface area (Å²) in [6, 6.07) is 6.06. The van der Waals surface area contributed by atoms with Crippen molar-refractivity contribution in [3.8, 4) is 5.75 Å². The lowest BCUT2D eigenvalue weighted by Crippen LogP contribution is -2.46. The Morgan fingerprint density at radius 1 is 1.33 bits per heavy atom. The maximum atomic E-state index is 12.8. The van der Waals surface area contributed by atoms with Crippen molar-refractivity contribution in [1.29, 1.82) is 0 Å². The molecule has 3 nitrogen and oxygen atoms in total. The molecule has 0 saturated carbocycles. The van der Waals surface area contributed by atoms with Gasteiger partial charge in [-0.1, -0.05) is 20.8 Å². The third-order valence-corrected chi connectivity index (χ3v) is 3.75. The third-order valence-electron chi connectivity index (χ3n) is 3.75. The summed E-state index contributed by atoms with van der Waals surface area (Å²) in [4.78, 5) is 14.3. The molecule has 1 heterocycles. The van der Waals surface area contributed by atoms with Crippen LogP contribution in [0.25, 0.3) is 0 Å². The Bertz CT molecular complexity index is 479. The van der Waals surface area contributed by atoms with Gasteiger partial charge in [0.2, 0.25) is 5.91 Å². The van der Waals surface area contributed by atoms with Crippen LogP contribution in [0.3, 0.4) is 0 Å². The highest BCUT2D eigenvalue weighted by atomic mass is 19.1. The van der Waals surface area contributed by atoms with Crippen molar-refractivity contribution in [2.45, 2.75) is 33.6 Å². The second-order valence-corrected chi connectivity index (χ2v) is 6.77. The zero-order valence-corrected chi connectivity index (χ0v) is 13.1. The first-order valence-electron chi connectivity index (χ1n) is 7.54. The van der Waals surface area contributed by atoms with Crippen molar-refractivity contribution in [2.24, 2.45) is 11.3 Å². The molecule has 0 aliphatic carbocycles. The molecular weight excluding hydrogens is 269 g/mol. The predicted molar refractivity (Wildman–Crippen MR) is 80.7 cm³/mol. The van der Waals surface area contributed by atoms with Crippen LogP contribution in [-0.4, -0.2) is 30.5 Å². The summed E-state index contributed by atoms with van der Waals surface area (Å²) in [7, 11) is 0. The molecule has 1 amide bonds. The molecule has 0 N–H and O–H groups in total. The highest BCUT2D eigenvalue weighted by molar-refractivity contribution is 5.81. The van der Waals surface area contributed by atoms with Gasteiger partial charge in [-0.2, -0.15) is 0 Å². The highest BCUT2D eigenvalue weighted by Gasteiger charge is 2.31. The van der Waals surface area contributed by atoms with Crippen molar-refractivity contribution >= 4 is 5.91 Å². The van der Waals surface area contributed by atoms with Crippen LogP contribution >= 0.6 is 0 Å². The molecule has 0 aromatic heterocycles. The topological polar surface area (TPSA) is 29.5 Å². The van der Waals surface area contributed by atoms with Gasteiger partial charge in [-0.05, 0) is 37.1 Å². The predicted octanol–water partition coefficient (Wildman–Crippen LogP) is 3.49. The van der Waals surface area contributed by atoms with E-state index in [0.29, 0.717) is 18.3 Å². The van der Waals surface area contributed by atoms with Crippen LogP contribution < -0.4 is 4.74 Å². The van der Waals surface area contributed by atoms with E-state index < -0.39 is 0 Å². The standard InChI is InChI=1S/C17H24FNO2/c1-17(2,3)16(20)19-10-4-5-13(11-19)12-21-15-8-6-14(18)7-9-15/h6-9,13H,4-5,10-12H2,1-3H3. The minimum Gasteiger partial charge on any atom is -0.493 e. The third kappa shape index (κ3) is 4.45. The van der Waals surface area contributed by atoms with E-state index in [-0.39, 0.29) is 17.1 Å². The molecule has 1 aliphatic rings. The summed E-state index contributed by atoms with van der Waals surface area (Å²) in [5.41, 5.74) is -0.334. The van der Waals surface area contributed by atoms with Gasteiger partial charge < -0.3 is 9.64 Å². The fraction of sp³-hybridized carbons (Fsp3) is 0.588. The number of carbonyl (C=O) groups is 1. The zero-order chi connectivity index (χ0) is 15.5. The van der Waals surface area contributed by atoms with Gasteiger partial charge in [-0.3, -0.25) is 4.79 Å². The molecule has 0 spiro atoms. The van der Waals surface area contributed by atoms with Crippen molar-refractivity contribution in [1.82, 2.24) is 4.90 Å². The van der Waals surface area contributed by atoms with Gasteiger partial charge >= 0.3 is 0 Å². The second kappa shape index (κ2) is 6.46.